The maximum atomic E-state index is 12.3. The van der Waals surface area contributed by atoms with Crippen molar-refractivity contribution < 1.29 is 14.4 Å². The van der Waals surface area contributed by atoms with Gasteiger partial charge in [-0.3, -0.25) is 9.59 Å². The first-order chi connectivity index (χ1) is 12.1. The van der Waals surface area contributed by atoms with Crippen LogP contribution in [-0.4, -0.2) is 41.6 Å². The fraction of sp³-hybridized carbons (Fsp3) is 0.526. The Morgan fingerprint density at radius 1 is 1.28 bits per heavy atom. The monoisotopic (exact) mass is 343 g/mol. The van der Waals surface area contributed by atoms with Crippen LogP contribution in [0.15, 0.2) is 35.5 Å². The van der Waals surface area contributed by atoms with Crippen LogP contribution in [0.2, 0.25) is 0 Å². The molecule has 0 radical (unpaired) electrons. The lowest BCUT2D eigenvalue weighted by Gasteiger charge is -2.33. The van der Waals surface area contributed by atoms with Crippen molar-refractivity contribution in [2.45, 2.75) is 51.2 Å². The van der Waals surface area contributed by atoms with E-state index in [0.717, 1.165) is 24.9 Å². The molecule has 2 aliphatic rings. The summed E-state index contributed by atoms with van der Waals surface area (Å²) in [5, 5.41) is 6.69. The van der Waals surface area contributed by atoms with E-state index >= 15 is 0 Å². The number of carbonyl (C=O) groups excluding carboxylic acids is 2. The van der Waals surface area contributed by atoms with Crippen LogP contribution in [0.25, 0.3) is 0 Å². The molecule has 0 spiro atoms. The first-order valence-corrected chi connectivity index (χ1v) is 9.00. The highest BCUT2D eigenvalue weighted by Crippen LogP contribution is 2.26. The Kier molecular flexibility index (Phi) is 5.68. The molecular weight excluding hydrogens is 318 g/mol. The Morgan fingerprint density at radius 3 is 2.84 bits per heavy atom. The molecule has 0 unspecified atom stereocenters. The largest absolute Gasteiger partial charge is 0.387 e. The zero-order valence-electron chi connectivity index (χ0n) is 14.6. The third-order valence-electron chi connectivity index (χ3n) is 4.85. The second kappa shape index (κ2) is 8.14. The fourth-order valence-electron chi connectivity index (χ4n) is 3.36. The van der Waals surface area contributed by atoms with Crippen molar-refractivity contribution in [3.8, 4) is 0 Å². The van der Waals surface area contributed by atoms with Crippen LogP contribution in [0.4, 0.5) is 0 Å². The minimum atomic E-state index is -0.252. The molecule has 0 saturated carbocycles. The molecular formula is C19H25N3O3. The Balaban J connectivity index is 1.42. The van der Waals surface area contributed by atoms with Crippen molar-refractivity contribution in [3.63, 3.8) is 0 Å². The van der Waals surface area contributed by atoms with Gasteiger partial charge >= 0.3 is 0 Å². The molecule has 0 aromatic heterocycles. The highest BCUT2D eigenvalue weighted by molar-refractivity contribution is 6.39. The predicted octanol–water partition coefficient (Wildman–Crippen LogP) is 2.41. The van der Waals surface area contributed by atoms with Crippen LogP contribution >= 0.6 is 0 Å². The molecule has 0 bridgehead atoms. The highest BCUT2D eigenvalue weighted by Gasteiger charge is 2.27. The third kappa shape index (κ3) is 4.38. The molecule has 1 aromatic carbocycles. The maximum absolute atomic E-state index is 12.3. The number of piperidine rings is 1. The normalized spacial score (nSPS) is 22.9. The SMILES string of the molecule is C[C@@H]1CCCCN1C(=O)CCNC(=O)C1=NO[C@H](c2ccccc2)C1. The smallest absolute Gasteiger partial charge is 0.269 e. The number of nitrogens with one attached hydrogen (secondary N) is 1. The lowest BCUT2D eigenvalue weighted by atomic mass is 10.0. The van der Waals surface area contributed by atoms with Crippen LogP contribution in [-0.2, 0) is 14.4 Å². The molecule has 1 N–H and O–H groups in total. The van der Waals surface area contributed by atoms with Gasteiger partial charge in [-0.05, 0) is 31.7 Å². The van der Waals surface area contributed by atoms with Crippen molar-refractivity contribution in [3.05, 3.63) is 35.9 Å². The number of hydrogen-bond donors (Lipinski definition) is 1. The van der Waals surface area contributed by atoms with Gasteiger partial charge in [0.1, 0.15) is 5.71 Å². The standard InChI is InChI=1S/C19H25N3O3/c1-14-7-5-6-12-22(14)18(23)10-11-20-19(24)16-13-17(25-21-16)15-8-3-2-4-9-15/h2-4,8-9,14,17H,5-7,10-13H2,1H3,(H,20,24)/t14-,17+/m1/s1. The first-order valence-electron chi connectivity index (χ1n) is 9.00. The van der Waals surface area contributed by atoms with Gasteiger partial charge in [0, 0.05) is 32.0 Å². The first kappa shape index (κ1) is 17.5. The summed E-state index contributed by atoms with van der Waals surface area (Å²) in [5.74, 6) is -0.141. The van der Waals surface area contributed by atoms with E-state index < -0.39 is 0 Å². The number of benzene rings is 1. The van der Waals surface area contributed by atoms with Gasteiger partial charge in [0.2, 0.25) is 5.91 Å². The van der Waals surface area contributed by atoms with Gasteiger partial charge in [0.25, 0.3) is 5.91 Å². The average Bonchev–Trinajstić information content (AvgIpc) is 3.13. The van der Waals surface area contributed by atoms with Gasteiger partial charge in [-0.1, -0.05) is 35.5 Å². The molecule has 6 heteroatoms. The van der Waals surface area contributed by atoms with Crippen LogP contribution in [0.5, 0.6) is 0 Å². The molecule has 0 aliphatic carbocycles. The van der Waals surface area contributed by atoms with E-state index in [1.807, 2.05) is 35.2 Å². The van der Waals surface area contributed by atoms with E-state index in [4.69, 9.17) is 4.84 Å². The molecule has 3 rings (SSSR count). The molecule has 2 aliphatic heterocycles. The van der Waals surface area contributed by atoms with E-state index in [2.05, 4.69) is 17.4 Å². The van der Waals surface area contributed by atoms with Gasteiger partial charge in [-0.15, -0.1) is 0 Å². The molecule has 2 heterocycles. The quantitative estimate of drug-likeness (QED) is 0.892. The molecule has 6 nitrogen and oxygen atoms in total. The van der Waals surface area contributed by atoms with E-state index in [1.165, 1.54) is 6.42 Å². The summed E-state index contributed by atoms with van der Waals surface area (Å²) >= 11 is 0. The van der Waals surface area contributed by atoms with Crippen molar-refractivity contribution in [2.24, 2.45) is 5.16 Å². The summed E-state index contributed by atoms with van der Waals surface area (Å²) in [6, 6.07) is 10.0. The Bertz CT molecular complexity index is 645. The minimum absolute atomic E-state index is 0.110. The van der Waals surface area contributed by atoms with Crippen LogP contribution < -0.4 is 5.32 Å². The predicted molar refractivity (Wildman–Crippen MR) is 95.0 cm³/mol. The van der Waals surface area contributed by atoms with Crippen molar-refractivity contribution in [1.29, 1.82) is 0 Å². The van der Waals surface area contributed by atoms with E-state index in [0.29, 0.717) is 31.1 Å². The molecule has 2 amide bonds. The number of nitrogens with zero attached hydrogens (tertiary/aromatic N) is 2. The van der Waals surface area contributed by atoms with Gasteiger partial charge in [0.15, 0.2) is 6.10 Å². The average molecular weight is 343 g/mol. The Labute approximate surface area is 148 Å². The van der Waals surface area contributed by atoms with Gasteiger partial charge in [-0.25, -0.2) is 0 Å². The lowest BCUT2D eigenvalue weighted by molar-refractivity contribution is -0.134. The van der Waals surface area contributed by atoms with E-state index in [9.17, 15) is 9.59 Å². The fourth-order valence-corrected chi connectivity index (χ4v) is 3.36. The topological polar surface area (TPSA) is 71.0 Å². The summed E-state index contributed by atoms with van der Waals surface area (Å²) in [6.45, 7) is 3.24. The van der Waals surface area contributed by atoms with Crippen molar-refractivity contribution in [2.75, 3.05) is 13.1 Å². The number of oxime groups is 1. The van der Waals surface area contributed by atoms with Crippen LogP contribution in [0, 0.1) is 0 Å². The molecule has 25 heavy (non-hydrogen) atoms. The minimum Gasteiger partial charge on any atom is -0.387 e. The number of likely N-dealkylation sites (tertiary alicyclic amines) is 1. The molecule has 134 valence electrons. The molecule has 1 aromatic rings. The van der Waals surface area contributed by atoms with Crippen LogP contribution in [0.1, 0.15) is 50.7 Å². The van der Waals surface area contributed by atoms with E-state index in [1.54, 1.807) is 0 Å². The van der Waals surface area contributed by atoms with Gasteiger partial charge < -0.3 is 15.1 Å². The molecule has 1 saturated heterocycles. The van der Waals surface area contributed by atoms with Crippen molar-refractivity contribution >= 4 is 17.5 Å². The molecule has 1 fully saturated rings. The maximum Gasteiger partial charge on any atom is 0.269 e. The lowest BCUT2D eigenvalue weighted by Crippen LogP contribution is -2.43. The summed E-state index contributed by atoms with van der Waals surface area (Å²) < 4.78 is 0. The second-order valence-corrected chi connectivity index (χ2v) is 6.68. The summed E-state index contributed by atoms with van der Waals surface area (Å²) in [5.41, 5.74) is 1.39. The summed E-state index contributed by atoms with van der Waals surface area (Å²) in [7, 11) is 0. The van der Waals surface area contributed by atoms with Gasteiger partial charge in [-0.2, -0.15) is 0 Å². The summed E-state index contributed by atoms with van der Waals surface area (Å²) in [4.78, 5) is 31.8. The number of carbonyl (C=O) groups is 2. The second-order valence-electron chi connectivity index (χ2n) is 6.68. The number of rotatable bonds is 5. The van der Waals surface area contributed by atoms with E-state index in [-0.39, 0.29) is 17.9 Å². The zero-order valence-corrected chi connectivity index (χ0v) is 14.6. The number of hydrogen-bond acceptors (Lipinski definition) is 4. The highest BCUT2D eigenvalue weighted by atomic mass is 16.6. The number of amides is 2. The van der Waals surface area contributed by atoms with Gasteiger partial charge in [0.05, 0.1) is 0 Å². The van der Waals surface area contributed by atoms with Crippen LogP contribution in [0.3, 0.4) is 0 Å². The zero-order chi connectivity index (χ0) is 17.6. The Hall–Kier alpha value is -2.37. The molecule has 2 atom stereocenters. The van der Waals surface area contributed by atoms with Crippen molar-refractivity contribution in [1.82, 2.24) is 10.2 Å². The summed E-state index contributed by atoms with van der Waals surface area (Å²) in [6.07, 6.45) is 3.88. The third-order valence-corrected chi connectivity index (χ3v) is 4.85. The Morgan fingerprint density at radius 2 is 2.08 bits per heavy atom.